The molecule has 0 radical (unpaired) electrons. The number of methoxy groups -OCH3 is 1. The highest BCUT2D eigenvalue weighted by Crippen LogP contribution is 2.28. The zero-order chi connectivity index (χ0) is 25.3. The number of pyridine rings is 1. The average molecular weight is 481 g/mol. The lowest BCUT2D eigenvalue weighted by Crippen LogP contribution is -2.48. The number of ether oxygens (including phenoxy) is 4. The third kappa shape index (κ3) is 8.13. The summed E-state index contributed by atoms with van der Waals surface area (Å²) in [6.07, 6.45) is 2.84. The van der Waals surface area contributed by atoms with Crippen LogP contribution in [0, 0.1) is 11.8 Å². The van der Waals surface area contributed by atoms with Crippen LogP contribution in [0.25, 0.3) is 0 Å². The van der Waals surface area contributed by atoms with E-state index in [1.54, 1.807) is 6.92 Å². The Morgan fingerprint density at radius 1 is 1.18 bits per heavy atom. The zero-order valence-electron chi connectivity index (χ0n) is 21.2. The van der Waals surface area contributed by atoms with E-state index in [1.165, 1.54) is 19.4 Å². The van der Waals surface area contributed by atoms with Crippen LogP contribution in [0.2, 0.25) is 0 Å². The maximum Gasteiger partial charge on any atom is 0.329 e. The van der Waals surface area contributed by atoms with Crippen molar-refractivity contribution in [3.05, 3.63) is 18.0 Å². The highest BCUT2D eigenvalue weighted by Gasteiger charge is 2.35. The van der Waals surface area contributed by atoms with Crippen LogP contribution in [-0.2, 0) is 19.0 Å². The van der Waals surface area contributed by atoms with Crippen LogP contribution < -0.4 is 10.1 Å². The molecular formula is C25H40N2O7. The number of nitrogens with one attached hydrogen (secondary N) is 1. The molecule has 2 rings (SSSR count). The van der Waals surface area contributed by atoms with Crippen molar-refractivity contribution in [3.63, 3.8) is 0 Å². The topological polar surface area (TPSA) is 116 Å². The molecule has 0 bridgehead atoms. The van der Waals surface area contributed by atoms with Gasteiger partial charge in [-0.15, -0.1) is 0 Å². The minimum absolute atomic E-state index is 0.125. The Hall–Kier alpha value is -2.39. The van der Waals surface area contributed by atoms with Gasteiger partial charge in [0.25, 0.3) is 5.91 Å². The third-order valence-corrected chi connectivity index (χ3v) is 5.54. The van der Waals surface area contributed by atoms with Crippen molar-refractivity contribution in [2.75, 3.05) is 20.3 Å². The molecule has 1 aromatic heterocycles. The molecule has 1 saturated heterocycles. The Kier molecular flexibility index (Phi) is 11.0. The molecular weight excluding hydrogens is 440 g/mol. The van der Waals surface area contributed by atoms with Gasteiger partial charge in [-0.25, -0.2) is 9.78 Å². The smallest absolute Gasteiger partial charge is 0.329 e. The number of carbonyl (C=O) groups excluding carboxylic acids is 2. The highest BCUT2D eigenvalue weighted by atomic mass is 16.6. The van der Waals surface area contributed by atoms with Crippen molar-refractivity contribution in [1.82, 2.24) is 10.3 Å². The summed E-state index contributed by atoms with van der Waals surface area (Å²) in [6, 6.07) is 0.571. The van der Waals surface area contributed by atoms with Crippen LogP contribution in [0.3, 0.4) is 0 Å². The van der Waals surface area contributed by atoms with Crippen LogP contribution in [0.5, 0.6) is 11.5 Å². The van der Waals surface area contributed by atoms with E-state index in [4.69, 9.17) is 18.9 Å². The van der Waals surface area contributed by atoms with Crippen molar-refractivity contribution in [2.45, 2.75) is 84.7 Å². The molecule has 192 valence electrons. The van der Waals surface area contributed by atoms with E-state index in [9.17, 15) is 14.7 Å². The monoisotopic (exact) mass is 480 g/mol. The van der Waals surface area contributed by atoms with Crippen molar-refractivity contribution < 1.29 is 33.6 Å². The molecule has 2 N–H and O–H groups in total. The fourth-order valence-electron chi connectivity index (χ4n) is 3.78. The first-order valence-corrected chi connectivity index (χ1v) is 12.1. The van der Waals surface area contributed by atoms with Gasteiger partial charge in [0.2, 0.25) is 0 Å². The summed E-state index contributed by atoms with van der Waals surface area (Å²) < 4.78 is 23.1. The summed E-state index contributed by atoms with van der Waals surface area (Å²) in [5.41, 5.74) is -0.211. The maximum atomic E-state index is 13.0. The van der Waals surface area contributed by atoms with Crippen LogP contribution in [0.15, 0.2) is 12.3 Å². The number of carbonyl (C=O) groups is 2. The summed E-state index contributed by atoms with van der Waals surface area (Å²) in [4.78, 5) is 29.7. The van der Waals surface area contributed by atoms with Crippen LogP contribution in [0.1, 0.15) is 70.8 Å². The number of nitrogens with zero attached hydrogens (tertiary/aromatic N) is 1. The average Bonchev–Trinajstić information content (AvgIpc) is 2.77. The van der Waals surface area contributed by atoms with Gasteiger partial charge in [-0.1, -0.05) is 40.5 Å². The van der Waals surface area contributed by atoms with E-state index in [1.807, 2.05) is 0 Å². The lowest BCUT2D eigenvalue weighted by Gasteiger charge is -2.34. The number of aromatic hydroxyl groups is 1. The first-order valence-electron chi connectivity index (χ1n) is 12.1. The Bertz CT molecular complexity index is 799. The van der Waals surface area contributed by atoms with Crippen LogP contribution >= 0.6 is 0 Å². The van der Waals surface area contributed by atoms with Crippen molar-refractivity contribution in [3.8, 4) is 11.5 Å². The Morgan fingerprint density at radius 2 is 1.82 bits per heavy atom. The summed E-state index contributed by atoms with van der Waals surface area (Å²) in [6.45, 7) is 11.2. The van der Waals surface area contributed by atoms with Crippen LogP contribution in [-0.4, -0.2) is 66.6 Å². The molecule has 0 aromatic carbocycles. The zero-order valence-corrected chi connectivity index (χ0v) is 21.2. The molecule has 1 aliphatic heterocycles. The largest absolute Gasteiger partial charge is 0.503 e. The number of esters is 1. The van der Waals surface area contributed by atoms with Gasteiger partial charge in [-0.3, -0.25) is 4.79 Å². The molecule has 1 amide bonds. The van der Waals surface area contributed by atoms with Crippen LogP contribution in [0.4, 0.5) is 0 Å². The second-order valence-corrected chi connectivity index (χ2v) is 9.62. The molecule has 0 aliphatic carbocycles. The first kappa shape index (κ1) is 27.9. The van der Waals surface area contributed by atoms with Gasteiger partial charge in [-0.2, -0.15) is 0 Å². The molecule has 1 aromatic rings. The molecule has 34 heavy (non-hydrogen) atoms. The van der Waals surface area contributed by atoms with Gasteiger partial charge < -0.3 is 29.4 Å². The van der Waals surface area contributed by atoms with E-state index in [0.717, 1.165) is 12.8 Å². The quantitative estimate of drug-likeness (QED) is 0.516. The normalized spacial score (nSPS) is 24.1. The molecule has 1 aliphatic rings. The minimum atomic E-state index is -0.874. The lowest BCUT2D eigenvalue weighted by molar-refractivity contribution is -0.173. The van der Waals surface area contributed by atoms with Gasteiger partial charge in [0.05, 0.1) is 13.2 Å². The van der Waals surface area contributed by atoms with Crippen molar-refractivity contribution in [2.24, 2.45) is 11.8 Å². The summed E-state index contributed by atoms with van der Waals surface area (Å²) in [5, 5.41) is 12.9. The molecule has 9 nitrogen and oxygen atoms in total. The fraction of sp³-hybridized carbons (Fsp3) is 0.720. The molecule has 4 atom stereocenters. The Balaban J connectivity index is 2.16. The SMILES string of the molecule is COc1ccnc(C(=O)N[C@H]2CCCC[C@H](OCC(C)C)[C@@H](OCC(C)C)[C@H](C)OC2=O)c1O. The van der Waals surface area contributed by atoms with Gasteiger partial charge >= 0.3 is 5.97 Å². The highest BCUT2D eigenvalue weighted by molar-refractivity contribution is 5.97. The van der Waals surface area contributed by atoms with Gasteiger partial charge in [0.1, 0.15) is 18.2 Å². The maximum absolute atomic E-state index is 13.0. The predicted molar refractivity (Wildman–Crippen MR) is 127 cm³/mol. The van der Waals surface area contributed by atoms with Gasteiger partial charge in [0.15, 0.2) is 17.2 Å². The predicted octanol–water partition coefficient (Wildman–Crippen LogP) is 3.48. The van der Waals surface area contributed by atoms with E-state index >= 15 is 0 Å². The fourth-order valence-corrected chi connectivity index (χ4v) is 3.78. The van der Waals surface area contributed by atoms with E-state index in [2.05, 4.69) is 38.0 Å². The first-order chi connectivity index (χ1) is 16.1. The lowest BCUT2D eigenvalue weighted by atomic mass is 9.98. The van der Waals surface area contributed by atoms with E-state index in [0.29, 0.717) is 37.9 Å². The molecule has 9 heteroatoms. The van der Waals surface area contributed by atoms with E-state index < -0.39 is 30.1 Å². The molecule has 2 heterocycles. The Morgan fingerprint density at radius 3 is 2.47 bits per heavy atom. The second-order valence-electron chi connectivity index (χ2n) is 9.62. The van der Waals surface area contributed by atoms with Crippen molar-refractivity contribution in [1.29, 1.82) is 0 Å². The second kappa shape index (κ2) is 13.5. The molecule has 1 fully saturated rings. The number of hydrogen-bond acceptors (Lipinski definition) is 8. The molecule has 0 saturated carbocycles. The van der Waals surface area contributed by atoms with E-state index in [-0.39, 0.29) is 23.3 Å². The third-order valence-electron chi connectivity index (χ3n) is 5.54. The molecule has 0 unspecified atom stereocenters. The molecule has 0 spiro atoms. The van der Waals surface area contributed by atoms with Gasteiger partial charge in [-0.05, 0) is 31.6 Å². The summed E-state index contributed by atoms with van der Waals surface area (Å²) >= 11 is 0. The summed E-state index contributed by atoms with van der Waals surface area (Å²) in [7, 11) is 1.38. The number of aromatic nitrogens is 1. The Labute approximate surface area is 202 Å². The van der Waals surface area contributed by atoms with Crippen molar-refractivity contribution >= 4 is 11.9 Å². The number of amides is 1. The number of rotatable bonds is 9. The van der Waals surface area contributed by atoms with Gasteiger partial charge in [0, 0.05) is 25.5 Å². The number of hydrogen-bond donors (Lipinski definition) is 2. The minimum Gasteiger partial charge on any atom is -0.503 e. The number of cyclic esters (lactones) is 1. The summed E-state index contributed by atoms with van der Waals surface area (Å²) in [5.74, 6) is -0.782. The standard InChI is InChI=1S/C25H40N2O7/c1-15(2)13-32-20-10-8-7-9-18(25(30)34-17(5)23(20)33-14-16(3)4)27-24(29)21-22(28)19(31-6)11-12-26-21/h11-12,15-18,20,23,28H,7-10,13-14H2,1-6H3,(H,27,29)/t17-,18-,20-,23-/m0/s1.